The number of ether oxygens (including phenoxy) is 1. The van der Waals surface area contributed by atoms with Crippen LogP contribution in [0.1, 0.15) is 39.4 Å². The highest BCUT2D eigenvalue weighted by Crippen LogP contribution is 2.35. The van der Waals surface area contributed by atoms with Crippen LogP contribution in [0.15, 0.2) is 36.4 Å². The number of aromatic carboxylic acids is 1. The first-order valence-corrected chi connectivity index (χ1v) is 8.19. The first-order valence-electron chi connectivity index (χ1n) is 8.19. The molecule has 130 valence electrons. The molecule has 1 fully saturated rings. The molecule has 1 amide bonds. The number of anilines is 1. The van der Waals surface area contributed by atoms with Gasteiger partial charge < -0.3 is 14.7 Å². The molecular formula is C20H21NO4. The van der Waals surface area contributed by atoms with Crippen molar-refractivity contribution in [1.82, 2.24) is 0 Å². The van der Waals surface area contributed by atoms with Gasteiger partial charge in [-0.3, -0.25) is 4.79 Å². The summed E-state index contributed by atoms with van der Waals surface area (Å²) < 4.78 is 5.20. The number of rotatable bonds is 4. The Hall–Kier alpha value is -2.82. The van der Waals surface area contributed by atoms with E-state index in [4.69, 9.17) is 4.74 Å². The number of hydrogen-bond donors (Lipinski definition) is 1. The zero-order valence-electron chi connectivity index (χ0n) is 14.6. The van der Waals surface area contributed by atoms with Crippen molar-refractivity contribution < 1.29 is 19.4 Å². The number of amides is 1. The molecule has 5 nitrogen and oxygen atoms in total. The normalized spacial score (nSPS) is 17.0. The Kier molecular flexibility index (Phi) is 4.49. The van der Waals surface area contributed by atoms with E-state index >= 15 is 0 Å². The summed E-state index contributed by atoms with van der Waals surface area (Å²) in [6, 6.07) is 11.1. The molecule has 1 aliphatic heterocycles. The van der Waals surface area contributed by atoms with Gasteiger partial charge in [0.05, 0.1) is 7.11 Å². The lowest BCUT2D eigenvalue weighted by Gasteiger charge is -2.20. The van der Waals surface area contributed by atoms with Gasteiger partial charge in [0.2, 0.25) is 5.91 Å². The fourth-order valence-electron chi connectivity index (χ4n) is 3.41. The minimum atomic E-state index is -1.03. The predicted molar refractivity (Wildman–Crippen MR) is 95.6 cm³/mol. The molecule has 0 saturated carbocycles. The van der Waals surface area contributed by atoms with Gasteiger partial charge in [-0.15, -0.1) is 0 Å². The molecule has 2 aromatic carbocycles. The third-order valence-electron chi connectivity index (χ3n) is 4.70. The summed E-state index contributed by atoms with van der Waals surface area (Å²) in [4.78, 5) is 25.6. The van der Waals surface area contributed by atoms with Crippen molar-refractivity contribution in [2.75, 3.05) is 18.6 Å². The highest BCUT2D eigenvalue weighted by atomic mass is 16.5. The monoisotopic (exact) mass is 339 g/mol. The molecule has 3 rings (SSSR count). The van der Waals surface area contributed by atoms with Crippen LogP contribution in [-0.4, -0.2) is 30.6 Å². The Balaban J connectivity index is 1.89. The molecule has 1 N–H and O–H groups in total. The lowest BCUT2D eigenvalue weighted by Crippen LogP contribution is -2.25. The van der Waals surface area contributed by atoms with Crippen molar-refractivity contribution in [2.45, 2.75) is 26.2 Å². The first kappa shape index (κ1) is 17.0. The van der Waals surface area contributed by atoms with Crippen molar-refractivity contribution in [3.63, 3.8) is 0 Å². The standard InChI is InChI=1S/C20H21NO4/c1-12-4-7-17(13(2)8-12)21-11-15(10-19(21)22)14-5-6-16(20(23)24)18(9-14)25-3/h4-9,15H,10-11H2,1-3H3,(H,23,24). The quantitative estimate of drug-likeness (QED) is 0.925. The van der Waals surface area contributed by atoms with E-state index in [2.05, 4.69) is 6.07 Å². The lowest BCUT2D eigenvalue weighted by atomic mass is 9.96. The van der Waals surface area contributed by atoms with Gasteiger partial charge in [-0.05, 0) is 43.2 Å². The third kappa shape index (κ3) is 3.22. The topological polar surface area (TPSA) is 66.8 Å². The van der Waals surface area contributed by atoms with E-state index in [1.165, 1.54) is 12.7 Å². The van der Waals surface area contributed by atoms with Gasteiger partial charge in [0.1, 0.15) is 11.3 Å². The summed E-state index contributed by atoms with van der Waals surface area (Å²) >= 11 is 0. The summed E-state index contributed by atoms with van der Waals surface area (Å²) in [5, 5.41) is 9.20. The molecule has 0 aliphatic carbocycles. The number of carbonyl (C=O) groups excluding carboxylic acids is 1. The summed E-state index contributed by atoms with van der Waals surface area (Å²) in [6.45, 7) is 4.62. The molecule has 1 unspecified atom stereocenters. The van der Waals surface area contributed by atoms with Gasteiger partial charge >= 0.3 is 5.97 Å². The van der Waals surface area contributed by atoms with E-state index in [0.717, 1.165) is 16.8 Å². The zero-order chi connectivity index (χ0) is 18.1. The summed E-state index contributed by atoms with van der Waals surface area (Å²) in [5.41, 5.74) is 4.22. The summed E-state index contributed by atoms with van der Waals surface area (Å²) in [6.07, 6.45) is 0.406. The van der Waals surface area contributed by atoms with Crippen molar-refractivity contribution in [1.29, 1.82) is 0 Å². The molecule has 0 radical (unpaired) electrons. The molecule has 0 spiro atoms. The van der Waals surface area contributed by atoms with E-state index < -0.39 is 5.97 Å². The number of carbonyl (C=O) groups is 2. The number of benzene rings is 2. The van der Waals surface area contributed by atoms with Crippen molar-refractivity contribution in [3.8, 4) is 5.75 Å². The Morgan fingerprint density at radius 2 is 1.96 bits per heavy atom. The smallest absolute Gasteiger partial charge is 0.339 e. The van der Waals surface area contributed by atoms with E-state index in [9.17, 15) is 14.7 Å². The number of carboxylic acid groups (broad SMARTS) is 1. The van der Waals surface area contributed by atoms with E-state index in [1.807, 2.05) is 30.9 Å². The lowest BCUT2D eigenvalue weighted by molar-refractivity contribution is -0.117. The fraction of sp³-hybridized carbons (Fsp3) is 0.300. The number of carboxylic acids is 1. The number of nitrogens with zero attached hydrogens (tertiary/aromatic N) is 1. The summed E-state index contributed by atoms with van der Waals surface area (Å²) in [5.74, 6) is -0.603. The zero-order valence-corrected chi connectivity index (χ0v) is 14.6. The van der Waals surface area contributed by atoms with Crippen LogP contribution < -0.4 is 9.64 Å². The van der Waals surface area contributed by atoms with Gasteiger partial charge in [-0.1, -0.05) is 23.8 Å². The Labute approximate surface area is 146 Å². The maximum Gasteiger partial charge on any atom is 0.339 e. The Bertz CT molecular complexity index is 844. The molecule has 5 heteroatoms. The number of aryl methyl sites for hydroxylation is 2. The molecule has 2 aromatic rings. The van der Waals surface area contributed by atoms with Crippen LogP contribution >= 0.6 is 0 Å². The van der Waals surface area contributed by atoms with Gasteiger partial charge in [0.25, 0.3) is 0 Å². The second-order valence-electron chi connectivity index (χ2n) is 6.46. The van der Waals surface area contributed by atoms with Crippen LogP contribution in [0.3, 0.4) is 0 Å². The van der Waals surface area contributed by atoms with Crippen LogP contribution in [0, 0.1) is 13.8 Å². The average Bonchev–Trinajstić information content (AvgIpc) is 2.95. The maximum atomic E-state index is 12.5. The number of hydrogen-bond acceptors (Lipinski definition) is 3. The van der Waals surface area contributed by atoms with Crippen molar-refractivity contribution >= 4 is 17.6 Å². The minimum Gasteiger partial charge on any atom is -0.496 e. The van der Waals surface area contributed by atoms with Gasteiger partial charge in [0.15, 0.2) is 0 Å². The van der Waals surface area contributed by atoms with Crippen molar-refractivity contribution in [2.24, 2.45) is 0 Å². The molecule has 0 aromatic heterocycles. The van der Waals surface area contributed by atoms with E-state index in [0.29, 0.717) is 18.7 Å². The largest absolute Gasteiger partial charge is 0.496 e. The molecule has 1 saturated heterocycles. The average molecular weight is 339 g/mol. The van der Waals surface area contributed by atoms with Crippen LogP contribution in [0.4, 0.5) is 5.69 Å². The predicted octanol–water partition coefficient (Wildman–Crippen LogP) is 3.53. The summed E-state index contributed by atoms with van der Waals surface area (Å²) in [7, 11) is 1.45. The molecular weight excluding hydrogens is 318 g/mol. The Morgan fingerprint density at radius 1 is 1.20 bits per heavy atom. The molecule has 1 aliphatic rings. The molecule has 25 heavy (non-hydrogen) atoms. The minimum absolute atomic E-state index is 0.0185. The first-order chi connectivity index (χ1) is 11.9. The van der Waals surface area contributed by atoms with Crippen LogP contribution in [0.5, 0.6) is 5.75 Å². The third-order valence-corrected chi connectivity index (χ3v) is 4.70. The maximum absolute atomic E-state index is 12.5. The highest BCUT2D eigenvalue weighted by molar-refractivity contribution is 5.97. The second-order valence-corrected chi connectivity index (χ2v) is 6.46. The van der Waals surface area contributed by atoms with Gasteiger partial charge in [-0.2, -0.15) is 0 Å². The van der Waals surface area contributed by atoms with Crippen LogP contribution in [-0.2, 0) is 4.79 Å². The van der Waals surface area contributed by atoms with Gasteiger partial charge in [-0.25, -0.2) is 4.79 Å². The van der Waals surface area contributed by atoms with E-state index in [-0.39, 0.29) is 17.4 Å². The highest BCUT2D eigenvalue weighted by Gasteiger charge is 2.32. The second kappa shape index (κ2) is 6.59. The SMILES string of the molecule is COc1cc(C2CC(=O)N(c3ccc(C)cc3C)C2)ccc1C(=O)O. The van der Waals surface area contributed by atoms with Crippen molar-refractivity contribution in [3.05, 3.63) is 58.7 Å². The Morgan fingerprint density at radius 3 is 2.60 bits per heavy atom. The van der Waals surface area contributed by atoms with Crippen LogP contribution in [0.25, 0.3) is 0 Å². The molecule has 0 bridgehead atoms. The van der Waals surface area contributed by atoms with Crippen LogP contribution in [0.2, 0.25) is 0 Å². The molecule has 1 atom stereocenters. The van der Waals surface area contributed by atoms with E-state index in [1.54, 1.807) is 18.2 Å². The van der Waals surface area contributed by atoms with Gasteiger partial charge in [0, 0.05) is 24.6 Å². The number of methoxy groups -OCH3 is 1. The fourth-order valence-corrected chi connectivity index (χ4v) is 3.41. The molecule has 1 heterocycles.